The number of nitrogens with one attached hydrogen (secondary N) is 1. The summed E-state index contributed by atoms with van der Waals surface area (Å²) < 4.78 is 0. The van der Waals surface area contributed by atoms with E-state index in [1.807, 2.05) is 0 Å². The molecule has 1 N–H and O–H groups in total. The van der Waals surface area contributed by atoms with Crippen LogP contribution in [-0.4, -0.2) is 14.6 Å². The molecule has 1 aliphatic rings. The lowest BCUT2D eigenvalue weighted by Gasteiger charge is -2.17. The highest BCUT2D eigenvalue weighted by Crippen LogP contribution is 2.67. The van der Waals surface area contributed by atoms with Gasteiger partial charge in [0.2, 0.25) is 0 Å². The van der Waals surface area contributed by atoms with E-state index in [0.29, 0.717) is 10.8 Å². The maximum absolute atomic E-state index is 3.64. The van der Waals surface area contributed by atoms with E-state index in [-0.39, 0.29) is 0 Å². The summed E-state index contributed by atoms with van der Waals surface area (Å²) in [7, 11) is -1.15. The van der Waals surface area contributed by atoms with Crippen molar-refractivity contribution in [1.29, 1.82) is 0 Å². The van der Waals surface area contributed by atoms with Gasteiger partial charge in [-0.05, 0) is 28.9 Å². The molecule has 0 aromatic heterocycles. The lowest BCUT2D eigenvalue weighted by atomic mass is 10.0. The number of benzene rings is 1. The Morgan fingerprint density at radius 3 is 1.85 bits per heavy atom. The predicted molar refractivity (Wildman–Crippen MR) is 92.2 cm³/mol. The second-order valence-corrected chi connectivity index (χ2v) is 13.7. The van der Waals surface area contributed by atoms with Gasteiger partial charge in [0.25, 0.3) is 0 Å². The summed E-state index contributed by atoms with van der Waals surface area (Å²) in [5.74, 6) is 0.802. The third-order valence-corrected chi connectivity index (χ3v) is 7.88. The van der Waals surface area contributed by atoms with Crippen LogP contribution < -0.4 is 10.5 Å². The minimum atomic E-state index is -1.15. The summed E-state index contributed by atoms with van der Waals surface area (Å²) in [4.78, 5) is 0. The molecule has 0 saturated heterocycles. The molecule has 1 saturated carbocycles. The largest absolute Gasteiger partial charge is 0.312 e. The number of rotatable bonds is 5. The molecule has 2 heteroatoms. The van der Waals surface area contributed by atoms with Gasteiger partial charge in [-0.1, -0.05) is 76.8 Å². The fourth-order valence-corrected chi connectivity index (χ4v) is 4.49. The molecular weight excluding hydrogens is 258 g/mol. The van der Waals surface area contributed by atoms with Crippen molar-refractivity contribution in [3.8, 4) is 0 Å². The summed E-state index contributed by atoms with van der Waals surface area (Å²) in [6.07, 6.45) is 0. The summed E-state index contributed by atoms with van der Waals surface area (Å²) in [6, 6.07) is 9.25. The van der Waals surface area contributed by atoms with Crippen molar-refractivity contribution in [3.63, 3.8) is 0 Å². The van der Waals surface area contributed by atoms with Crippen LogP contribution >= 0.6 is 0 Å². The summed E-state index contributed by atoms with van der Waals surface area (Å²) >= 11 is 0. The second-order valence-electron chi connectivity index (χ2n) is 8.57. The third-order valence-electron chi connectivity index (χ3n) is 5.82. The Labute approximate surface area is 126 Å². The van der Waals surface area contributed by atoms with E-state index in [9.17, 15) is 0 Å². The first kappa shape index (κ1) is 15.8. The average molecular weight is 290 g/mol. The van der Waals surface area contributed by atoms with E-state index < -0.39 is 8.07 Å². The zero-order valence-electron chi connectivity index (χ0n) is 14.3. The van der Waals surface area contributed by atoms with Crippen LogP contribution in [0, 0.1) is 16.7 Å². The Balaban J connectivity index is 1.84. The summed E-state index contributed by atoms with van der Waals surface area (Å²) in [5.41, 5.74) is 2.38. The number of hydrogen-bond donors (Lipinski definition) is 1. The molecule has 112 valence electrons. The van der Waals surface area contributed by atoms with E-state index >= 15 is 0 Å². The first-order chi connectivity index (χ1) is 9.07. The summed E-state index contributed by atoms with van der Waals surface area (Å²) in [5, 5.41) is 5.19. The maximum atomic E-state index is 3.64. The third kappa shape index (κ3) is 2.87. The van der Waals surface area contributed by atoms with Gasteiger partial charge >= 0.3 is 0 Å². The smallest absolute Gasteiger partial charge is 0.0775 e. The first-order valence-corrected chi connectivity index (χ1v) is 11.4. The molecule has 1 fully saturated rings. The van der Waals surface area contributed by atoms with Gasteiger partial charge in [-0.15, -0.1) is 0 Å². The van der Waals surface area contributed by atoms with Gasteiger partial charge in [-0.3, -0.25) is 0 Å². The topological polar surface area (TPSA) is 12.0 Å². The van der Waals surface area contributed by atoms with Crippen molar-refractivity contribution in [1.82, 2.24) is 5.32 Å². The van der Waals surface area contributed by atoms with Gasteiger partial charge < -0.3 is 5.32 Å². The van der Waals surface area contributed by atoms with Gasteiger partial charge in [-0.2, -0.15) is 0 Å². The molecule has 0 aliphatic heterocycles. The van der Waals surface area contributed by atoms with E-state index in [2.05, 4.69) is 76.9 Å². The Morgan fingerprint density at radius 1 is 0.950 bits per heavy atom. The lowest BCUT2D eigenvalue weighted by molar-refractivity contribution is 0.457. The van der Waals surface area contributed by atoms with Gasteiger partial charge in [-0.25, -0.2) is 0 Å². The van der Waals surface area contributed by atoms with E-state index in [0.717, 1.165) is 19.0 Å². The van der Waals surface area contributed by atoms with Crippen molar-refractivity contribution in [3.05, 3.63) is 29.8 Å². The van der Waals surface area contributed by atoms with Crippen molar-refractivity contribution in [2.45, 2.75) is 53.9 Å². The summed E-state index contributed by atoms with van der Waals surface area (Å²) in [6.45, 7) is 18.9. The zero-order chi connectivity index (χ0) is 15.2. The van der Waals surface area contributed by atoms with Crippen molar-refractivity contribution in [2.24, 2.45) is 16.7 Å². The van der Waals surface area contributed by atoms with Gasteiger partial charge in [0.05, 0.1) is 8.07 Å². The van der Waals surface area contributed by atoms with Gasteiger partial charge in [0.1, 0.15) is 0 Å². The van der Waals surface area contributed by atoms with Crippen molar-refractivity contribution >= 4 is 13.3 Å². The second kappa shape index (κ2) is 4.99. The zero-order valence-corrected chi connectivity index (χ0v) is 15.3. The van der Waals surface area contributed by atoms with Crippen molar-refractivity contribution < 1.29 is 0 Å². The lowest BCUT2D eigenvalue weighted by Crippen LogP contribution is -2.37. The fraction of sp³-hybridized carbons (Fsp3) is 0.667. The van der Waals surface area contributed by atoms with Crippen LogP contribution in [-0.2, 0) is 6.54 Å². The normalized spacial score (nSPS) is 20.9. The Bertz CT molecular complexity index is 451. The van der Waals surface area contributed by atoms with Crippen LogP contribution in [0.2, 0.25) is 19.6 Å². The van der Waals surface area contributed by atoms with Gasteiger partial charge in [0, 0.05) is 6.54 Å². The molecule has 2 rings (SSSR count). The molecule has 0 radical (unpaired) electrons. The van der Waals surface area contributed by atoms with E-state index in [1.54, 1.807) is 5.19 Å². The van der Waals surface area contributed by atoms with Crippen LogP contribution in [0.5, 0.6) is 0 Å². The molecule has 1 aromatic carbocycles. The highest BCUT2D eigenvalue weighted by atomic mass is 28.3. The predicted octanol–water partition coefficient (Wildman–Crippen LogP) is 4.00. The Kier molecular flexibility index (Phi) is 3.94. The molecule has 1 nitrogen and oxygen atoms in total. The molecule has 0 atom stereocenters. The van der Waals surface area contributed by atoms with E-state index in [1.165, 1.54) is 5.56 Å². The fourth-order valence-electron chi connectivity index (χ4n) is 3.33. The minimum Gasteiger partial charge on any atom is -0.312 e. The number of hydrogen-bond acceptors (Lipinski definition) is 1. The van der Waals surface area contributed by atoms with Crippen LogP contribution in [0.3, 0.4) is 0 Å². The van der Waals surface area contributed by atoms with Crippen LogP contribution in [0.1, 0.15) is 33.3 Å². The quantitative estimate of drug-likeness (QED) is 0.808. The van der Waals surface area contributed by atoms with Crippen LogP contribution in [0.15, 0.2) is 24.3 Å². The Hall–Kier alpha value is -0.603. The standard InChI is InChI=1S/C18H31NSi/c1-17(2)16(18(17,3)4)13-19-12-14-8-10-15(11-9-14)20(5,6)7/h8-11,16,19H,12-13H2,1-7H3. The molecule has 20 heavy (non-hydrogen) atoms. The maximum Gasteiger partial charge on any atom is 0.0775 e. The van der Waals surface area contributed by atoms with E-state index in [4.69, 9.17) is 0 Å². The minimum absolute atomic E-state index is 0.488. The molecular formula is C18H31NSi. The molecule has 0 unspecified atom stereocenters. The van der Waals surface area contributed by atoms with Gasteiger partial charge in [0.15, 0.2) is 0 Å². The Morgan fingerprint density at radius 2 is 1.45 bits per heavy atom. The highest BCUT2D eigenvalue weighted by molar-refractivity contribution is 6.88. The molecule has 0 bridgehead atoms. The monoisotopic (exact) mass is 289 g/mol. The van der Waals surface area contributed by atoms with Crippen LogP contribution in [0.25, 0.3) is 0 Å². The first-order valence-electron chi connectivity index (χ1n) is 7.87. The van der Waals surface area contributed by atoms with Crippen molar-refractivity contribution in [2.75, 3.05) is 6.54 Å². The van der Waals surface area contributed by atoms with Crippen LogP contribution in [0.4, 0.5) is 0 Å². The highest BCUT2D eigenvalue weighted by Gasteiger charge is 2.63. The molecule has 0 amide bonds. The molecule has 1 aliphatic carbocycles. The molecule has 0 heterocycles. The SMILES string of the molecule is CC1(C)C(CNCc2ccc([Si](C)(C)C)cc2)C1(C)C. The average Bonchev–Trinajstić information content (AvgIpc) is 2.71. The molecule has 1 aromatic rings. The molecule has 0 spiro atoms.